The number of benzene rings is 1. The predicted octanol–water partition coefficient (Wildman–Crippen LogP) is 4.51. The van der Waals surface area contributed by atoms with Gasteiger partial charge in [-0.05, 0) is 30.5 Å². The molecule has 0 unspecified atom stereocenters. The van der Waals surface area contributed by atoms with Gasteiger partial charge in [-0.15, -0.1) is 11.6 Å². The third kappa shape index (κ3) is 3.37. The Bertz CT molecular complexity index is 403. The molecule has 2 rings (SSSR count). The number of halogens is 3. The van der Waals surface area contributed by atoms with E-state index in [2.05, 4.69) is 5.32 Å². The molecule has 100 valence electrons. The maximum absolute atomic E-state index is 13.0. The first-order chi connectivity index (χ1) is 8.65. The van der Waals surface area contributed by atoms with Crippen LogP contribution in [0, 0.1) is 5.82 Å². The summed E-state index contributed by atoms with van der Waals surface area (Å²) in [6.07, 6.45) is 5.94. The monoisotopic (exact) mass is 289 g/mol. The first kappa shape index (κ1) is 14.1. The Balaban J connectivity index is 2.01. The lowest BCUT2D eigenvalue weighted by atomic mass is 9.83. The first-order valence-electron chi connectivity index (χ1n) is 6.40. The second-order valence-corrected chi connectivity index (χ2v) is 5.74. The molecule has 0 radical (unpaired) electrons. The maximum Gasteiger partial charge on any atom is 0.124 e. The Morgan fingerprint density at radius 1 is 1.22 bits per heavy atom. The van der Waals surface area contributed by atoms with E-state index in [4.69, 9.17) is 23.2 Å². The van der Waals surface area contributed by atoms with E-state index in [0.717, 1.165) is 18.4 Å². The fraction of sp³-hybridized carbons (Fsp3) is 0.571. The lowest BCUT2D eigenvalue weighted by Crippen LogP contribution is -2.48. The molecule has 0 bridgehead atoms. The average molecular weight is 290 g/mol. The van der Waals surface area contributed by atoms with Crippen LogP contribution < -0.4 is 5.32 Å². The van der Waals surface area contributed by atoms with Crippen molar-refractivity contribution >= 4 is 23.2 Å². The van der Waals surface area contributed by atoms with Crippen LogP contribution in [0.15, 0.2) is 18.2 Å². The van der Waals surface area contributed by atoms with Crippen molar-refractivity contribution in [2.75, 3.05) is 5.88 Å². The van der Waals surface area contributed by atoms with Crippen molar-refractivity contribution in [2.24, 2.45) is 0 Å². The molecule has 0 amide bonds. The van der Waals surface area contributed by atoms with E-state index in [9.17, 15) is 4.39 Å². The van der Waals surface area contributed by atoms with E-state index in [1.54, 1.807) is 6.07 Å². The van der Waals surface area contributed by atoms with Gasteiger partial charge in [0.05, 0.1) is 0 Å². The Labute approximate surface area is 118 Å². The van der Waals surface area contributed by atoms with Crippen LogP contribution in [0.25, 0.3) is 0 Å². The molecule has 0 aromatic heterocycles. The van der Waals surface area contributed by atoms with Gasteiger partial charge in [0.25, 0.3) is 0 Å². The van der Waals surface area contributed by atoms with Gasteiger partial charge >= 0.3 is 0 Å². The smallest absolute Gasteiger partial charge is 0.124 e. The van der Waals surface area contributed by atoms with Gasteiger partial charge in [0.2, 0.25) is 0 Å². The van der Waals surface area contributed by atoms with Gasteiger partial charge in [-0.2, -0.15) is 0 Å². The third-order valence-corrected chi connectivity index (χ3v) is 4.60. The molecule has 0 atom stereocenters. The van der Waals surface area contributed by atoms with Gasteiger partial charge in [0.15, 0.2) is 0 Å². The van der Waals surface area contributed by atoms with Gasteiger partial charge in [0, 0.05) is 23.0 Å². The Kier molecular flexibility index (Phi) is 4.88. The van der Waals surface area contributed by atoms with Crippen LogP contribution >= 0.6 is 23.2 Å². The molecule has 1 N–H and O–H groups in total. The highest BCUT2D eigenvalue weighted by Crippen LogP contribution is 2.30. The number of rotatable bonds is 4. The quantitative estimate of drug-likeness (QED) is 0.804. The van der Waals surface area contributed by atoms with Crippen LogP contribution in [0.5, 0.6) is 0 Å². The molecule has 1 aromatic rings. The van der Waals surface area contributed by atoms with Crippen molar-refractivity contribution in [3.8, 4) is 0 Å². The minimum atomic E-state index is -0.298. The van der Waals surface area contributed by atoms with Crippen molar-refractivity contribution in [3.05, 3.63) is 34.6 Å². The summed E-state index contributed by atoms with van der Waals surface area (Å²) in [5.74, 6) is 0.319. The molecule has 1 aliphatic rings. The van der Waals surface area contributed by atoms with Crippen LogP contribution in [0.1, 0.15) is 37.7 Å². The maximum atomic E-state index is 13.0. The second-order valence-electron chi connectivity index (χ2n) is 5.06. The van der Waals surface area contributed by atoms with E-state index in [1.807, 2.05) is 0 Å². The molecule has 1 aliphatic carbocycles. The fourth-order valence-corrected chi connectivity index (χ4v) is 3.13. The molecule has 0 saturated heterocycles. The standard InChI is InChI=1S/C14H18Cl2FN/c15-10-14(6-2-1-3-7-14)18-9-11-4-5-12(17)8-13(11)16/h4-5,8,18H,1-3,6-7,9-10H2. The molecule has 0 spiro atoms. The van der Waals surface area contributed by atoms with Crippen LogP contribution in [0.4, 0.5) is 4.39 Å². The summed E-state index contributed by atoms with van der Waals surface area (Å²) in [5.41, 5.74) is 0.950. The minimum Gasteiger partial charge on any atom is -0.306 e. The second kappa shape index (κ2) is 6.23. The van der Waals surface area contributed by atoms with E-state index < -0.39 is 0 Å². The zero-order chi connectivity index (χ0) is 13.0. The van der Waals surface area contributed by atoms with Crippen LogP contribution in [0.2, 0.25) is 5.02 Å². The third-order valence-electron chi connectivity index (χ3n) is 3.74. The van der Waals surface area contributed by atoms with E-state index in [0.29, 0.717) is 17.4 Å². The van der Waals surface area contributed by atoms with E-state index in [-0.39, 0.29) is 11.4 Å². The van der Waals surface area contributed by atoms with Gasteiger partial charge in [-0.25, -0.2) is 4.39 Å². The van der Waals surface area contributed by atoms with Crippen molar-refractivity contribution < 1.29 is 4.39 Å². The SMILES string of the molecule is Fc1ccc(CNC2(CCl)CCCCC2)c(Cl)c1. The molecular formula is C14H18Cl2FN. The highest BCUT2D eigenvalue weighted by molar-refractivity contribution is 6.31. The summed E-state index contributed by atoms with van der Waals surface area (Å²) in [6.45, 7) is 0.645. The number of hydrogen-bond acceptors (Lipinski definition) is 1. The summed E-state index contributed by atoms with van der Waals surface area (Å²) in [7, 11) is 0. The number of alkyl halides is 1. The van der Waals surface area contributed by atoms with E-state index >= 15 is 0 Å². The predicted molar refractivity (Wildman–Crippen MR) is 74.8 cm³/mol. The lowest BCUT2D eigenvalue weighted by Gasteiger charge is -2.36. The number of nitrogens with one attached hydrogen (secondary N) is 1. The lowest BCUT2D eigenvalue weighted by molar-refractivity contribution is 0.256. The van der Waals surface area contributed by atoms with Crippen molar-refractivity contribution in [2.45, 2.75) is 44.2 Å². The highest BCUT2D eigenvalue weighted by Gasteiger charge is 2.30. The summed E-state index contributed by atoms with van der Waals surface area (Å²) in [6, 6.07) is 4.53. The van der Waals surface area contributed by atoms with Gasteiger partial charge in [-0.3, -0.25) is 0 Å². The van der Waals surface area contributed by atoms with Crippen molar-refractivity contribution in [3.63, 3.8) is 0 Å². The molecular weight excluding hydrogens is 272 g/mol. The summed E-state index contributed by atoms with van der Waals surface area (Å²) in [5, 5.41) is 4.00. The fourth-order valence-electron chi connectivity index (χ4n) is 2.53. The molecule has 1 nitrogen and oxygen atoms in total. The molecule has 0 aliphatic heterocycles. The summed E-state index contributed by atoms with van der Waals surface area (Å²) in [4.78, 5) is 0. The normalized spacial score (nSPS) is 18.8. The van der Waals surface area contributed by atoms with Crippen LogP contribution in [0.3, 0.4) is 0 Å². The van der Waals surface area contributed by atoms with Crippen LogP contribution in [-0.4, -0.2) is 11.4 Å². The van der Waals surface area contributed by atoms with E-state index in [1.165, 1.54) is 31.4 Å². The summed E-state index contributed by atoms with van der Waals surface area (Å²) < 4.78 is 13.0. The highest BCUT2D eigenvalue weighted by atomic mass is 35.5. The van der Waals surface area contributed by atoms with Crippen molar-refractivity contribution in [1.82, 2.24) is 5.32 Å². The van der Waals surface area contributed by atoms with Crippen LogP contribution in [-0.2, 0) is 6.54 Å². The summed E-state index contributed by atoms with van der Waals surface area (Å²) >= 11 is 12.1. The zero-order valence-corrected chi connectivity index (χ0v) is 11.8. The zero-order valence-electron chi connectivity index (χ0n) is 10.3. The van der Waals surface area contributed by atoms with Crippen molar-refractivity contribution in [1.29, 1.82) is 0 Å². The first-order valence-corrected chi connectivity index (χ1v) is 7.31. The van der Waals surface area contributed by atoms with Gasteiger partial charge < -0.3 is 5.32 Å². The Morgan fingerprint density at radius 2 is 1.94 bits per heavy atom. The molecule has 1 fully saturated rings. The Hall–Kier alpha value is -0.310. The topological polar surface area (TPSA) is 12.0 Å². The van der Waals surface area contributed by atoms with Gasteiger partial charge in [0.1, 0.15) is 5.82 Å². The molecule has 1 aromatic carbocycles. The average Bonchev–Trinajstić information content (AvgIpc) is 2.39. The molecule has 18 heavy (non-hydrogen) atoms. The molecule has 4 heteroatoms. The molecule has 1 saturated carbocycles. The number of hydrogen-bond donors (Lipinski definition) is 1. The largest absolute Gasteiger partial charge is 0.306 e. The van der Waals surface area contributed by atoms with Gasteiger partial charge in [-0.1, -0.05) is 36.9 Å². The minimum absolute atomic E-state index is 0.0253. The molecule has 0 heterocycles. The Morgan fingerprint density at radius 3 is 2.56 bits per heavy atom.